The summed E-state index contributed by atoms with van der Waals surface area (Å²) < 4.78 is 1.17. The highest BCUT2D eigenvalue weighted by atomic mass is 35.5. The Morgan fingerprint density at radius 1 is 0.486 bits per heavy atom. The summed E-state index contributed by atoms with van der Waals surface area (Å²) in [6, 6.07) is 0. The van der Waals surface area contributed by atoms with Crippen molar-refractivity contribution in [2.45, 2.75) is 157 Å². The Balaban J connectivity index is 0. The van der Waals surface area contributed by atoms with Crippen LogP contribution in [0.3, 0.4) is 0 Å². The molecular weight excluding hydrogens is 450 g/mol. The molecule has 0 aliphatic rings. The number of halogens is 1. The number of guanidine groups is 1. The van der Waals surface area contributed by atoms with Crippen molar-refractivity contribution in [2.75, 3.05) is 39.3 Å². The molecule has 0 saturated carbocycles. The van der Waals surface area contributed by atoms with Crippen molar-refractivity contribution in [3.63, 3.8) is 0 Å². The van der Waals surface area contributed by atoms with Gasteiger partial charge in [0.2, 0.25) is 0 Å². The molecule has 0 aromatic heterocycles. The molecule has 35 heavy (non-hydrogen) atoms. The van der Waals surface area contributed by atoms with E-state index in [1.165, 1.54) is 159 Å². The molecule has 0 bridgehead atoms. The van der Waals surface area contributed by atoms with E-state index in [2.05, 4.69) is 46.4 Å². The third kappa shape index (κ3) is 17.7. The van der Waals surface area contributed by atoms with Crippen molar-refractivity contribution in [3.8, 4) is 0 Å². The minimum Gasteiger partial charge on any atom is -1.00 e. The number of hydrogen-bond acceptors (Lipinski definition) is 1. The van der Waals surface area contributed by atoms with E-state index in [0.29, 0.717) is 0 Å². The predicted molar refractivity (Wildman–Crippen MR) is 156 cm³/mol. The highest BCUT2D eigenvalue weighted by Crippen LogP contribution is 2.22. The van der Waals surface area contributed by atoms with Crippen LogP contribution in [0.25, 0.3) is 0 Å². The van der Waals surface area contributed by atoms with E-state index in [0.717, 1.165) is 6.54 Å². The molecule has 0 amide bonds. The predicted octanol–water partition coefficient (Wildman–Crippen LogP) is 6.61. The van der Waals surface area contributed by atoms with Gasteiger partial charge in [-0.2, -0.15) is 0 Å². The van der Waals surface area contributed by atoms with Gasteiger partial charge in [0.25, 0.3) is 5.96 Å². The molecule has 0 atom stereocenters. The van der Waals surface area contributed by atoms with Crippen LogP contribution in [-0.4, -0.2) is 54.6 Å². The van der Waals surface area contributed by atoms with Crippen LogP contribution in [0.1, 0.15) is 157 Å². The van der Waals surface area contributed by atoms with E-state index in [1.807, 2.05) is 0 Å². The van der Waals surface area contributed by atoms with Gasteiger partial charge in [-0.3, -0.25) is 4.48 Å². The summed E-state index contributed by atoms with van der Waals surface area (Å²) in [6.07, 6.45) is 23.8. The molecule has 0 rings (SSSR count). The summed E-state index contributed by atoms with van der Waals surface area (Å²) in [5.41, 5.74) is 0. The zero-order valence-corrected chi connectivity index (χ0v) is 25.9. The van der Waals surface area contributed by atoms with E-state index < -0.39 is 0 Å². The van der Waals surface area contributed by atoms with Gasteiger partial charge in [-0.1, -0.05) is 99.3 Å². The van der Waals surface area contributed by atoms with Crippen LogP contribution in [0.15, 0.2) is 4.99 Å². The van der Waals surface area contributed by atoms with Gasteiger partial charge in [0.15, 0.2) is 0 Å². The lowest BCUT2D eigenvalue weighted by Crippen LogP contribution is -3.00. The van der Waals surface area contributed by atoms with E-state index in [4.69, 9.17) is 4.99 Å². The first-order valence-corrected chi connectivity index (χ1v) is 15.8. The Labute approximate surface area is 228 Å². The second kappa shape index (κ2) is 26.8. The van der Waals surface area contributed by atoms with Crippen LogP contribution in [0.4, 0.5) is 0 Å². The molecule has 0 N–H and O–H groups in total. The molecule has 0 aliphatic heterocycles. The standard InChI is InChI=1S/C31H66N3.ClH/c1-7-13-19-25-32-31(33(26-20-14-8-2)27-21-15-9-3)34(28-22-16-10-4,29-23-17-11-5)30-24-18-12-6;/h7-30H2,1-6H3;1H/q+1;/p-1. The number of hydrogen-bond donors (Lipinski definition) is 0. The van der Waals surface area contributed by atoms with Gasteiger partial charge < -0.3 is 17.3 Å². The number of nitrogens with zero attached hydrogens (tertiary/aromatic N) is 3. The van der Waals surface area contributed by atoms with Gasteiger partial charge in [0.05, 0.1) is 19.6 Å². The summed E-state index contributed by atoms with van der Waals surface area (Å²) in [4.78, 5) is 8.34. The SMILES string of the molecule is CCCCCN=C(N(CCCCC)CCCCC)[N+](CCCCC)(CCCCC)CCCCC.[Cl-]. The van der Waals surface area contributed by atoms with Crippen LogP contribution < -0.4 is 12.4 Å². The lowest BCUT2D eigenvalue weighted by atomic mass is 10.1. The van der Waals surface area contributed by atoms with Crippen LogP contribution >= 0.6 is 0 Å². The maximum absolute atomic E-state index is 5.54. The van der Waals surface area contributed by atoms with E-state index in [9.17, 15) is 0 Å². The maximum Gasteiger partial charge on any atom is 0.300 e. The second-order valence-corrected chi connectivity index (χ2v) is 10.7. The zero-order valence-electron chi connectivity index (χ0n) is 25.2. The van der Waals surface area contributed by atoms with Crippen molar-refractivity contribution in [1.82, 2.24) is 4.90 Å². The highest BCUT2D eigenvalue weighted by molar-refractivity contribution is 5.73. The van der Waals surface area contributed by atoms with Crippen LogP contribution in [0, 0.1) is 0 Å². The summed E-state index contributed by atoms with van der Waals surface area (Å²) in [7, 11) is 0. The van der Waals surface area contributed by atoms with Gasteiger partial charge in [-0.05, 0) is 57.8 Å². The molecule has 0 heterocycles. The molecule has 212 valence electrons. The Bertz CT molecular complexity index is 416. The third-order valence-electron chi connectivity index (χ3n) is 7.35. The zero-order chi connectivity index (χ0) is 25.3. The largest absolute Gasteiger partial charge is 1.00 e. The average Bonchev–Trinajstić information content (AvgIpc) is 2.84. The summed E-state index contributed by atoms with van der Waals surface area (Å²) in [5, 5.41) is 0. The maximum atomic E-state index is 5.54. The van der Waals surface area contributed by atoms with Gasteiger partial charge in [0, 0.05) is 19.6 Å². The average molecular weight is 516 g/mol. The van der Waals surface area contributed by atoms with Gasteiger partial charge in [0.1, 0.15) is 0 Å². The smallest absolute Gasteiger partial charge is 0.300 e. The van der Waals surface area contributed by atoms with Crippen molar-refractivity contribution >= 4 is 5.96 Å². The quantitative estimate of drug-likeness (QED) is 0.0611. The van der Waals surface area contributed by atoms with Crippen LogP contribution in [0.2, 0.25) is 0 Å². The topological polar surface area (TPSA) is 15.6 Å². The normalized spacial score (nSPS) is 12.1. The van der Waals surface area contributed by atoms with Gasteiger partial charge in [-0.25, -0.2) is 4.99 Å². The molecule has 3 nitrogen and oxygen atoms in total. The lowest BCUT2D eigenvalue weighted by Gasteiger charge is -2.43. The Kier molecular flexibility index (Phi) is 28.2. The second-order valence-electron chi connectivity index (χ2n) is 10.7. The Morgan fingerprint density at radius 3 is 1.20 bits per heavy atom. The first kappa shape index (κ1) is 36.9. The molecule has 0 spiro atoms. The Hall–Kier alpha value is -0.280. The molecule has 0 radical (unpaired) electrons. The lowest BCUT2D eigenvalue weighted by molar-refractivity contribution is -0.848. The molecule has 0 saturated heterocycles. The minimum atomic E-state index is 0. The van der Waals surface area contributed by atoms with Crippen LogP contribution in [-0.2, 0) is 0 Å². The van der Waals surface area contributed by atoms with Crippen molar-refractivity contribution < 1.29 is 16.9 Å². The fourth-order valence-electron chi connectivity index (χ4n) is 5.14. The van der Waals surface area contributed by atoms with E-state index >= 15 is 0 Å². The van der Waals surface area contributed by atoms with Gasteiger partial charge in [-0.15, -0.1) is 0 Å². The molecular formula is C31H66ClN3. The van der Waals surface area contributed by atoms with E-state index in [-0.39, 0.29) is 12.4 Å². The first-order valence-electron chi connectivity index (χ1n) is 15.8. The summed E-state index contributed by atoms with van der Waals surface area (Å²) in [6.45, 7) is 21.4. The number of rotatable bonds is 24. The molecule has 4 heteroatoms. The first-order chi connectivity index (χ1) is 16.7. The third-order valence-corrected chi connectivity index (χ3v) is 7.35. The highest BCUT2D eigenvalue weighted by Gasteiger charge is 2.36. The number of quaternary nitrogens is 1. The molecule has 0 aliphatic carbocycles. The summed E-state index contributed by atoms with van der Waals surface area (Å²) in [5.74, 6) is 1.49. The van der Waals surface area contributed by atoms with Crippen molar-refractivity contribution in [2.24, 2.45) is 4.99 Å². The number of unbranched alkanes of at least 4 members (excludes halogenated alkanes) is 12. The molecule has 0 aromatic carbocycles. The molecule has 0 aromatic rings. The van der Waals surface area contributed by atoms with Gasteiger partial charge >= 0.3 is 0 Å². The van der Waals surface area contributed by atoms with Crippen molar-refractivity contribution in [1.29, 1.82) is 0 Å². The van der Waals surface area contributed by atoms with Crippen LogP contribution in [0.5, 0.6) is 0 Å². The van der Waals surface area contributed by atoms with E-state index in [1.54, 1.807) is 0 Å². The van der Waals surface area contributed by atoms with Crippen molar-refractivity contribution in [3.05, 3.63) is 0 Å². The summed E-state index contributed by atoms with van der Waals surface area (Å²) >= 11 is 0. The fourth-order valence-corrected chi connectivity index (χ4v) is 5.14. The Morgan fingerprint density at radius 2 is 0.829 bits per heavy atom. The monoisotopic (exact) mass is 515 g/mol. The molecule has 0 fully saturated rings. The molecule has 0 unspecified atom stereocenters. The minimum absolute atomic E-state index is 0. The fraction of sp³-hybridized carbons (Fsp3) is 0.968. The number of aliphatic imine (C=N–C) groups is 1.